The van der Waals surface area contributed by atoms with Gasteiger partial charge in [-0.1, -0.05) is 53.6 Å². The van der Waals surface area contributed by atoms with Gasteiger partial charge in [0.25, 0.3) is 0 Å². The maximum absolute atomic E-state index is 6.11. The summed E-state index contributed by atoms with van der Waals surface area (Å²) in [6, 6.07) is 20.5. The van der Waals surface area contributed by atoms with Crippen molar-refractivity contribution in [3.8, 4) is 11.5 Å². The van der Waals surface area contributed by atoms with E-state index in [4.69, 9.17) is 21.1 Å². The zero-order valence-electron chi connectivity index (χ0n) is 17.4. The third kappa shape index (κ3) is 6.76. The van der Waals surface area contributed by atoms with Gasteiger partial charge >= 0.3 is 0 Å². The van der Waals surface area contributed by atoms with E-state index in [1.807, 2.05) is 25.1 Å². The van der Waals surface area contributed by atoms with E-state index in [9.17, 15) is 0 Å². The van der Waals surface area contributed by atoms with Gasteiger partial charge in [-0.2, -0.15) is 0 Å². The molecule has 3 aromatic rings. The first-order valence-corrected chi connectivity index (χ1v) is 11.3. The zero-order valence-corrected chi connectivity index (χ0v) is 19.7. The summed E-state index contributed by atoms with van der Waals surface area (Å²) < 4.78 is 12.9. The van der Waals surface area contributed by atoms with Gasteiger partial charge in [0, 0.05) is 11.6 Å². The first-order valence-electron chi connectivity index (χ1n) is 10.1. The average molecular weight is 489 g/mol. The van der Waals surface area contributed by atoms with Gasteiger partial charge in [-0.25, -0.2) is 0 Å². The number of halogens is 2. The second kappa shape index (κ2) is 11.4. The minimum absolute atomic E-state index is 0.499. The van der Waals surface area contributed by atoms with Crippen molar-refractivity contribution in [3.05, 3.63) is 92.4 Å². The molecule has 0 heterocycles. The highest BCUT2D eigenvalue weighted by Crippen LogP contribution is 2.37. The van der Waals surface area contributed by atoms with Crippen LogP contribution in [0.3, 0.4) is 0 Å². The first kappa shape index (κ1) is 22.7. The summed E-state index contributed by atoms with van der Waals surface area (Å²) in [4.78, 5) is 0. The molecule has 30 heavy (non-hydrogen) atoms. The van der Waals surface area contributed by atoms with Crippen LogP contribution in [0.1, 0.15) is 29.2 Å². The maximum Gasteiger partial charge on any atom is 0.175 e. The van der Waals surface area contributed by atoms with Crippen LogP contribution in [0.5, 0.6) is 11.5 Å². The molecule has 0 spiro atoms. The highest BCUT2D eigenvalue weighted by Gasteiger charge is 2.13. The van der Waals surface area contributed by atoms with Gasteiger partial charge in [0.15, 0.2) is 11.5 Å². The standard InChI is InChI=1S/C25H27BrClNO2/c1-3-29-24-15-21(16-28-12-11-19-7-9-22(27)10-8-19)14-23(26)25(24)30-17-20-6-4-5-18(2)13-20/h4-10,13-15,28H,3,11-12,16-17H2,1-2H3. The Balaban J connectivity index is 1.61. The Morgan fingerprint density at radius 3 is 2.47 bits per heavy atom. The van der Waals surface area contributed by atoms with E-state index >= 15 is 0 Å². The fourth-order valence-corrected chi connectivity index (χ4v) is 3.93. The number of ether oxygens (including phenoxy) is 2. The Kier molecular flexibility index (Phi) is 8.61. The summed E-state index contributed by atoms with van der Waals surface area (Å²) in [6.45, 7) is 6.79. The number of aryl methyl sites for hydroxylation is 1. The molecule has 0 unspecified atom stereocenters. The molecule has 0 radical (unpaired) electrons. The van der Waals surface area contributed by atoms with Gasteiger partial charge in [-0.15, -0.1) is 0 Å². The van der Waals surface area contributed by atoms with Crippen LogP contribution < -0.4 is 14.8 Å². The van der Waals surface area contributed by atoms with Crippen molar-refractivity contribution < 1.29 is 9.47 Å². The first-order chi connectivity index (χ1) is 14.5. The Bertz CT molecular complexity index is 960. The fraction of sp³-hybridized carbons (Fsp3) is 0.280. The van der Waals surface area contributed by atoms with Gasteiger partial charge in [-0.05, 0) is 83.7 Å². The van der Waals surface area contributed by atoms with E-state index < -0.39 is 0 Å². The highest BCUT2D eigenvalue weighted by atomic mass is 79.9. The quantitative estimate of drug-likeness (QED) is 0.321. The van der Waals surface area contributed by atoms with Crippen molar-refractivity contribution in [3.63, 3.8) is 0 Å². The zero-order chi connectivity index (χ0) is 21.3. The molecule has 0 atom stereocenters. The lowest BCUT2D eigenvalue weighted by molar-refractivity contribution is 0.267. The maximum atomic E-state index is 6.11. The molecule has 0 saturated heterocycles. The SMILES string of the molecule is CCOc1cc(CNCCc2ccc(Cl)cc2)cc(Br)c1OCc1cccc(C)c1. The molecular formula is C25H27BrClNO2. The Morgan fingerprint density at radius 1 is 0.933 bits per heavy atom. The molecule has 1 N–H and O–H groups in total. The van der Waals surface area contributed by atoms with Crippen LogP contribution in [-0.4, -0.2) is 13.2 Å². The van der Waals surface area contributed by atoms with Gasteiger partial charge < -0.3 is 14.8 Å². The average Bonchev–Trinajstić information content (AvgIpc) is 2.72. The minimum Gasteiger partial charge on any atom is -0.490 e. The molecule has 0 aliphatic heterocycles. The summed E-state index contributed by atoms with van der Waals surface area (Å²) in [5, 5.41) is 4.26. The number of rotatable bonds is 10. The monoisotopic (exact) mass is 487 g/mol. The van der Waals surface area contributed by atoms with Crippen LogP contribution >= 0.6 is 27.5 Å². The van der Waals surface area contributed by atoms with Crippen molar-refractivity contribution in [1.82, 2.24) is 5.32 Å². The molecular weight excluding hydrogens is 462 g/mol. The van der Waals surface area contributed by atoms with Gasteiger partial charge in [0.05, 0.1) is 11.1 Å². The van der Waals surface area contributed by atoms with Crippen molar-refractivity contribution in [2.45, 2.75) is 33.4 Å². The van der Waals surface area contributed by atoms with Crippen LogP contribution in [-0.2, 0) is 19.6 Å². The molecule has 0 amide bonds. The van der Waals surface area contributed by atoms with Crippen LogP contribution in [0.25, 0.3) is 0 Å². The van der Waals surface area contributed by atoms with Crippen LogP contribution in [0.15, 0.2) is 65.1 Å². The molecule has 0 bridgehead atoms. The second-order valence-electron chi connectivity index (χ2n) is 7.17. The number of benzene rings is 3. The topological polar surface area (TPSA) is 30.5 Å². The number of hydrogen-bond donors (Lipinski definition) is 1. The third-order valence-corrected chi connectivity index (χ3v) is 5.51. The van der Waals surface area contributed by atoms with Crippen LogP contribution in [0, 0.1) is 6.92 Å². The van der Waals surface area contributed by atoms with Gasteiger partial charge in [0.1, 0.15) is 6.61 Å². The molecule has 0 aliphatic carbocycles. The molecule has 0 aromatic heterocycles. The summed E-state index contributed by atoms with van der Waals surface area (Å²) >= 11 is 9.61. The lowest BCUT2D eigenvalue weighted by atomic mass is 10.1. The van der Waals surface area contributed by atoms with E-state index in [-0.39, 0.29) is 0 Å². The molecule has 5 heteroatoms. The lowest BCUT2D eigenvalue weighted by Crippen LogP contribution is -2.17. The molecule has 0 saturated carbocycles. The number of nitrogens with one attached hydrogen (secondary N) is 1. The molecule has 3 nitrogen and oxygen atoms in total. The van der Waals surface area contributed by atoms with Crippen LogP contribution in [0.2, 0.25) is 5.02 Å². The Labute approximate surface area is 192 Å². The van der Waals surface area contributed by atoms with Gasteiger partial charge in [0.2, 0.25) is 0 Å². The molecule has 0 aliphatic rings. The smallest absolute Gasteiger partial charge is 0.175 e. The largest absolute Gasteiger partial charge is 0.490 e. The lowest BCUT2D eigenvalue weighted by Gasteiger charge is -2.16. The van der Waals surface area contributed by atoms with E-state index in [0.717, 1.165) is 51.6 Å². The van der Waals surface area contributed by atoms with E-state index in [1.165, 1.54) is 11.1 Å². The van der Waals surface area contributed by atoms with Crippen molar-refractivity contribution >= 4 is 27.5 Å². The highest BCUT2D eigenvalue weighted by molar-refractivity contribution is 9.10. The minimum atomic E-state index is 0.499. The predicted molar refractivity (Wildman–Crippen MR) is 128 cm³/mol. The summed E-state index contributed by atoms with van der Waals surface area (Å²) in [5.74, 6) is 1.50. The van der Waals surface area contributed by atoms with E-state index in [2.05, 4.69) is 70.6 Å². The van der Waals surface area contributed by atoms with Crippen molar-refractivity contribution in [1.29, 1.82) is 0 Å². The van der Waals surface area contributed by atoms with E-state index in [0.29, 0.717) is 13.2 Å². The summed E-state index contributed by atoms with van der Waals surface area (Å²) in [7, 11) is 0. The molecule has 158 valence electrons. The molecule has 3 aromatic carbocycles. The predicted octanol–water partition coefficient (Wildman–Crippen LogP) is 6.72. The second-order valence-corrected chi connectivity index (χ2v) is 8.46. The number of hydrogen-bond acceptors (Lipinski definition) is 3. The van der Waals surface area contributed by atoms with Crippen molar-refractivity contribution in [2.24, 2.45) is 0 Å². The van der Waals surface area contributed by atoms with Crippen molar-refractivity contribution in [2.75, 3.05) is 13.2 Å². The Morgan fingerprint density at radius 2 is 1.73 bits per heavy atom. The summed E-state index contributed by atoms with van der Waals surface area (Å²) in [6.07, 6.45) is 0.953. The third-order valence-electron chi connectivity index (χ3n) is 4.67. The normalized spacial score (nSPS) is 10.8. The summed E-state index contributed by atoms with van der Waals surface area (Å²) in [5.41, 5.74) is 4.77. The molecule has 3 rings (SSSR count). The Hall–Kier alpha value is -2.01. The molecule has 0 fully saturated rings. The van der Waals surface area contributed by atoms with E-state index in [1.54, 1.807) is 0 Å². The fourth-order valence-electron chi connectivity index (χ4n) is 3.20. The van der Waals surface area contributed by atoms with Gasteiger partial charge in [-0.3, -0.25) is 0 Å². The van der Waals surface area contributed by atoms with Crippen LogP contribution in [0.4, 0.5) is 0 Å².